The summed E-state index contributed by atoms with van der Waals surface area (Å²) in [6.07, 6.45) is 2.11. The standard InChI is InChI=1S/C24H19Cl2F3N2O/c25-20-13-21(26)23(32)22-18(20)8-7-17(30-22)6-5-15-9-11-31(12-10-15)14-16-3-1-2-4-19(16)24(27,28)29/h1-9,13,32H,10-12,14H2/b6-5+. The Labute approximate surface area is 193 Å². The van der Waals surface area contributed by atoms with E-state index in [-0.39, 0.29) is 22.9 Å². The monoisotopic (exact) mass is 478 g/mol. The Kier molecular flexibility index (Phi) is 6.47. The highest BCUT2D eigenvalue weighted by Crippen LogP contribution is 2.36. The van der Waals surface area contributed by atoms with Gasteiger partial charge in [-0.1, -0.05) is 53.6 Å². The number of hydrogen-bond acceptors (Lipinski definition) is 3. The molecule has 0 radical (unpaired) electrons. The van der Waals surface area contributed by atoms with E-state index in [1.807, 2.05) is 23.1 Å². The maximum absolute atomic E-state index is 13.2. The van der Waals surface area contributed by atoms with E-state index in [4.69, 9.17) is 23.2 Å². The Bertz CT molecular complexity index is 1220. The Morgan fingerprint density at radius 1 is 1.06 bits per heavy atom. The number of aromatic hydroxyl groups is 1. The first-order chi connectivity index (χ1) is 15.2. The molecule has 1 aromatic heterocycles. The van der Waals surface area contributed by atoms with Gasteiger partial charge in [0, 0.05) is 25.0 Å². The van der Waals surface area contributed by atoms with Crippen LogP contribution in [-0.2, 0) is 12.7 Å². The first-order valence-corrected chi connectivity index (χ1v) is 10.7. The lowest BCUT2D eigenvalue weighted by atomic mass is 10.0. The molecule has 3 nitrogen and oxygen atoms in total. The van der Waals surface area contributed by atoms with Gasteiger partial charge in [0.1, 0.15) is 5.52 Å². The second-order valence-corrected chi connectivity index (χ2v) is 8.39. The number of rotatable bonds is 4. The number of allylic oxidation sites excluding steroid dienone is 1. The third kappa shape index (κ3) is 4.93. The highest BCUT2D eigenvalue weighted by atomic mass is 35.5. The number of aromatic nitrogens is 1. The van der Waals surface area contributed by atoms with Crippen LogP contribution in [0.2, 0.25) is 10.0 Å². The predicted molar refractivity (Wildman–Crippen MR) is 122 cm³/mol. The molecule has 0 aliphatic carbocycles. The molecule has 0 fully saturated rings. The van der Waals surface area contributed by atoms with Crippen molar-refractivity contribution in [2.75, 3.05) is 13.1 Å². The minimum absolute atomic E-state index is 0.118. The average molecular weight is 479 g/mol. The SMILES string of the molecule is Oc1c(Cl)cc(Cl)c2ccc(/C=C/C3=CCN(Cc4ccccc4C(F)(F)F)CC3)nc12. The number of phenols is 1. The van der Waals surface area contributed by atoms with Gasteiger partial charge in [-0.25, -0.2) is 4.98 Å². The molecule has 0 saturated heterocycles. The number of fused-ring (bicyclic) bond motifs is 1. The van der Waals surface area contributed by atoms with Crippen molar-refractivity contribution in [3.63, 3.8) is 0 Å². The van der Waals surface area contributed by atoms with Crippen LogP contribution in [0.3, 0.4) is 0 Å². The molecule has 8 heteroatoms. The Morgan fingerprint density at radius 3 is 2.56 bits per heavy atom. The molecule has 0 bridgehead atoms. The second-order valence-electron chi connectivity index (χ2n) is 7.57. The summed E-state index contributed by atoms with van der Waals surface area (Å²) in [6.45, 7) is 1.46. The van der Waals surface area contributed by atoms with Crippen molar-refractivity contribution in [1.29, 1.82) is 0 Å². The molecule has 3 aromatic rings. The molecular formula is C24H19Cl2F3N2O. The molecule has 166 valence electrons. The van der Waals surface area contributed by atoms with Crippen molar-refractivity contribution in [2.24, 2.45) is 0 Å². The maximum Gasteiger partial charge on any atom is 0.416 e. The lowest BCUT2D eigenvalue weighted by Gasteiger charge is -2.26. The first kappa shape index (κ1) is 22.6. The lowest BCUT2D eigenvalue weighted by Crippen LogP contribution is -2.29. The summed E-state index contributed by atoms with van der Waals surface area (Å²) in [5.41, 5.74) is 1.73. The Balaban J connectivity index is 1.46. The summed E-state index contributed by atoms with van der Waals surface area (Å²) in [5.74, 6) is -0.118. The van der Waals surface area contributed by atoms with Gasteiger partial charge in [0.15, 0.2) is 5.75 Å². The minimum Gasteiger partial charge on any atom is -0.504 e. The van der Waals surface area contributed by atoms with Crippen molar-refractivity contribution in [2.45, 2.75) is 19.1 Å². The van der Waals surface area contributed by atoms with Gasteiger partial charge < -0.3 is 5.11 Å². The molecular weight excluding hydrogens is 460 g/mol. The predicted octanol–water partition coefficient (Wildman–Crippen LogP) is 7.11. The molecule has 0 saturated carbocycles. The van der Waals surface area contributed by atoms with Crippen molar-refractivity contribution in [3.8, 4) is 5.75 Å². The van der Waals surface area contributed by atoms with Crippen molar-refractivity contribution >= 4 is 40.2 Å². The lowest BCUT2D eigenvalue weighted by molar-refractivity contribution is -0.138. The Morgan fingerprint density at radius 2 is 1.84 bits per heavy atom. The fourth-order valence-electron chi connectivity index (χ4n) is 3.70. The van der Waals surface area contributed by atoms with E-state index in [1.165, 1.54) is 18.2 Å². The summed E-state index contributed by atoms with van der Waals surface area (Å²) in [7, 11) is 0. The van der Waals surface area contributed by atoms with E-state index < -0.39 is 11.7 Å². The van der Waals surface area contributed by atoms with Crippen LogP contribution in [0.15, 0.2) is 60.2 Å². The number of pyridine rings is 1. The van der Waals surface area contributed by atoms with Gasteiger partial charge in [-0.3, -0.25) is 4.90 Å². The zero-order chi connectivity index (χ0) is 22.9. The molecule has 0 atom stereocenters. The number of nitrogens with zero attached hydrogens (tertiary/aromatic N) is 2. The van der Waals surface area contributed by atoms with Crippen LogP contribution >= 0.6 is 23.2 Å². The third-order valence-corrected chi connectivity index (χ3v) is 5.99. The smallest absolute Gasteiger partial charge is 0.416 e. The molecule has 2 heterocycles. The van der Waals surface area contributed by atoms with E-state index in [1.54, 1.807) is 18.2 Å². The van der Waals surface area contributed by atoms with E-state index in [9.17, 15) is 18.3 Å². The Hall–Kier alpha value is -2.54. The van der Waals surface area contributed by atoms with Crippen molar-refractivity contribution in [3.05, 3.63) is 87.1 Å². The third-order valence-electron chi connectivity index (χ3n) is 5.39. The molecule has 0 unspecified atom stereocenters. The van der Waals surface area contributed by atoms with Gasteiger partial charge in [-0.05, 0) is 47.9 Å². The molecule has 1 N–H and O–H groups in total. The van der Waals surface area contributed by atoms with Gasteiger partial charge in [0.25, 0.3) is 0 Å². The quantitative estimate of drug-likeness (QED) is 0.433. The summed E-state index contributed by atoms with van der Waals surface area (Å²) in [5, 5.41) is 11.3. The number of benzene rings is 2. The number of hydrogen-bond donors (Lipinski definition) is 1. The van der Waals surface area contributed by atoms with Crippen molar-refractivity contribution < 1.29 is 18.3 Å². The van der Waals surface area contributed by atoms with E-state index >= 15 is 0 Å². The zero-order valence-corrected chi connectivity index (χ0v) is 18.3. The van der Waals surface area contributed by atoms with Crippen LogP contribution < -0.4 is 0 Å². The van der Waals surface area contributed by atoms with Gasteiger partial charge >= 0.3 is 6.18 Å². The van der Waals surface area contributed by atoms with Crippen LogP contribution in [0.5, 0.6) is 5.75 Å². The van der Waals surface area contributed by atoms with E-state index in [0.29, 0.717) is 41.1 Å². The maximum atomic E-state index is 13.2. The van der Waals surface area contributed by atoms with Gasteiger partial charge in [0.2, 0.25) is 0 Å². The largest absolute Gasteiger partial charge is 0.504 e. The average Bonchev–Trinajstić information content (AvgIpc) is 2.76. The second kappa shape index (κ2) is 9.14. The summed E-state index contributed by atoms with van der Waals surface area (Å²) < 4.78 is 39.7. The van der Waals surface area contributed by atoms with Crippen LogP contribution in [0.1, 0.15) is 23.2 Å². The normalized spacial score (nSPS) is 15.5. The van der Waals surface area contributed by atoms with Crippen LogP contribution in [0.25, 0.3) is 17.0 Å². The van der Waals surface area contributed by atoms with Gasteiger partial charge in [0.05, 0.1) is 21.3 Å². The van der Waals surface area contributed by atoms with Crippen LogP contribution in [-0.4, -0.2) is 28.1 Å². The van der Waals surface area contributed by atoms with Crippen LogP contribution in [0.4, 0.5) is 13.2 Å². The van der Waals surface area contributed by atoms with Crippen molar-refractivity contribution in [1.82, 2.24) is 9.88 Å². The summed E-state index contributed by atoms with van der Waals surface area (Å²) in [6, 6.07) is 10.7. The van der Waals surface area contributed by atoms with Gasteiger partial charge in [-0.15, -0.1) is 0 Å². The summed E-state index contributed by atoms with van der Waals surface area (Å²) >= 11 is 12.1. The fraction of sp³-hybridized carbons (Fsp3) is 0.208. The molecule has 0 amide bonds. The highest BCUT2D eigenvalue weighted by Gasteiger charge is 2.33. The van der Waals surface area contributed by atoms with Crippen LogP contribution in [0, 0.1) is 0 Å². The van der Waals surface area contributed by atoms with E-state index in [0.717, 1.165) is 11.6 Å². The summed E-state index contributed by atoms with van der Waals surface area (Å²) in [4.78, 5) is 6.42. The number of phenolic OH excluding ortho intramolecular Hbond substituents is 1. The fourth-order valence-corrected chi connectivity index (χ4v) is 4.22. The molecule has 0 spiro atoms. The van der Waals surface area contributed by atoms with Gasteiger partial charge in [-0.2, -0.15) is 13.2 Å². The highest BCUT2D eigenvalue weighted by molar-refractivity contribution is 6.39. The number of alkyl halides is 3. The topological polar surface area (TPSA) is 36.4 Å². The number of halogens is 5. The zero-order valence-electron chi connectivity index (χ0n) is 16.8. The minimum atomic E-state index is -4.36. The molecule has 1 aliphatic heterocycles. The molecule has 4 rings (SSSR count). The molecule has 1 aliphatic rings. The molecule has 2 aromatic carbocycles. The molecule has 32 heavy (non-hydrogen) atoms. The van der Waals surface area contributed by atoms with E-state index in [2.05, 4.69) is 4.98 Å². The first-order valence-electron chi connectivity index (χ1n) is 9.94.